The van der Waals surface area contributed by atoms with Gasteiger partial charge in [0.1, 0.15) is 6.10 Å². The van der Waals surface area contributed by atoms with Crippen LogP contribution in [0.4, 0.5) is 0 Å². The lowest BCUT2D eigenvalue weighted by atomic mass is 9.99. The second kappa shape index (κ2) is 3.67. The van der Waals surface area contributed by atoms with Crippen molar-refractivity contribution in [3.8, 4) is 5.69 Å². The van der Waals surface area contributed by atoms with Gasteiger partial charge in [0, 0.05) is 0 Å². The Morgan fingerprint density at radius 1 is 1.29 bits per heavy atom. The van der Waals surface area contributed by atoms with E-state index in [2.05, 4.69) is 17.2 Å². The summed E-state index contributed by atoms with van der Waals surface area (Å²) in [6.45, 7) is 2.10. The fourth-order valence-electron chi connectivity index (χ4n) is 2.03. The Hall–Kier alpha value is -1.68. The van der Waals surface area contributed by atoms with Crippen molar-refractivity contribution in [3.63, 3.8) is 0 Å². The minimum absolute atomic E-state index is 0.00818. The minimum atomic E-state index is -0.488. The molecule has 4 nitrogen and oxygen atoms in total. The quantitative estimate of drug-likeness (QED) is 0.876. The Morgan fingerprint density at radius 3 is 2.65 bits per heavy atom. The Balaban J connectivity index is 2.00. The molecule has 1 fully saturated rings. The lowest BCUT2D eigenvalue weighted by Gasteiger charge is -2.18. The van der Waals surface area contributed by atoms with E-state index in [0.29, 0.717) is 0 Å². The largest absolute Gasteiger partial charge is 0.386 e. The molecular formula is C13H15N3O. The van der Waals surface area contributed by atoms with Crippen molar-refractivity contribution in [1.82, 2.24) is 15.0 Å². The zero-order chi connectivity index (χ0) is 11.9. The average Bonchev–Trinajstić information content (AvgIpc) is 2.95. The van der Waals surface area contributed by atoms with Crippen LogP contribution in [0.3, 0.4) is 0 Å². The molecule has 1 aromatic heterocycles. The number of hydrogen-bond acceptors (Lipinski definition) is 3. The van der Waals surface area contributed by atoms with Gasteiger partial charge in [0.05, 0.1) is 17.6 Å². The van der Waals surface area contributed by atoms with Crippen molar-refractivity contribution in [2.45, 2.75) is 25.9 Å². The van der Waals surface area contributed by atoms with Crippen molar-refractivity contribution in [1.29, 1.82) is 0 Å². The van der Waals surface area contributed by atoms with E-state index in [1.807, 2.05) is 30.3 Å². The molecule has 0 aliphatic heterocycles. The van der Waals surface area contributed by atoms with Crippen LogP contribution in [0.5, 0.6) is 0 Å². The fraction of sp³-hybridized carbons (Fsp3) is 0.385. The molecule has 0 spiro atoms. The summed E-state index contributed by atoms with van der Waals surface area (Å²) in [5.74, 6) is 0. The first-order valence-electron chi connectivity index (χ1n) is 5.85. The van der Waals surface area contributed by atoms with Gasteiger partial charge in [-0.1, -0.05) is 30.3 Å². The van der Waals surface area contributed by atoms with Crippen LogP contribution in [0.1, 0.15) is 31.6 Å². The maximum absolute atomic E-state index is 10.3. The van der Waals surface area contributed by atoms with Crippen LogP contribution in [0, 0.1) is 5.41 Å². The number of para-hydroxylation sites is 1. The molecule has 0 radical (unpaired) electrons. The molecule has 1 unspecified atom stereocenters. The van der Waals surface area contributed by atoms with Crippen LogP contribution in [-0.4, -0.2) is 20.1 Å². The standard InChI is InChI=1S/C13H15N3O/c1-13(7-8-13)12(17)11-9-14-15-16(11)10-5-3-2-4-6-10/h2-6,9,12,17H,7-8H2,1H3. The minimum Gasteiger partial charge on any atom is -0.386 e. The van der Waals surface area contributed by atoms with Gasteiger partial charge < -0.3 is 5.11 Å². The van der Waals surface area contributed by atoms with Gasteiger partial charge in [-0.15, -0.1) is 5.10 Å². The zero-order valence-corrected chi connectivity index (χ0v) is 9.74. The molecule has 0 bridgehead atoms. The Bertz CT molecular complexity index is 516. The average molecular weight is 229 g/mol. The van der Waals surface area contributed by atoms with Crippen LogP contribution < -0.4 is 0 Å². The van der Waals surface area contributed by atoms with Crippen molar-refractivity contribution < 1.29 is 5.11 Å². The first-order valence-corrected chi connectivity index (χ1v) is 5.85. The van der Waals surface area contributed by atoms with Crippen molar-refractivity contribution in [2.24, 2.45) is 5.41 Å². The van der Waals surface area contributed by atoms with E-state index in [1.54, 1.807) is 10.9 Å². The Kier molecular flexibility index (Phi) is 2.26. The van der Waals surface area contributed by atoms with Crippen LogP contribution >= 0.6 is 0 Å². The SMILES string of the molecule is CC1(C(O)c2cnnn2-c2ccccc2)CC1. The molecule has 2 aromatic rings. The highest BCUT2D eigenvalue weighted by molar-refractivity contribution is 5.32. The molecule has 1 aromatic carbocycles. The summed E-state index contributed by atoms with van der Waals surface area (Å²) in [6.07, 6.45) is 3.29. The van der Waals surface area contributed by atoms with Gasteiger partial charge in [0.25, 0.3) is 0 Å². The van der Waals surface area contributed by atoms with E-state index in [9.17, 15) is 5.11 Å². The highest BCUT2D eigenvalue weighted by atomic mass is 16.3. The third-order valence-corrected chi connectivity index (χ3v) is 3.56. The van der Waals surface area contributed by atoms with Crippen molar-refractivity contribution in [2.75, 3.05) is 0 Å². The van der Waals surface area contributed by atoms with Gasteiger partial charge in [0.2, 0.25) is 0 Å². The zero-order valence-electron chi connectivity index (χ0n) is 9.74. The Morgan fingerprint density at radius 2 is 2.00 bits per heavy atom. The topological polar surface area (TPSA) is 50.9 Å². The fourth-order valence-corrected chi connectivity index (χ4v) is 2.03. The molecular weight excluding hydrogens is 214 g/mol. The van der Waals surface area contributed by atoms with Gasteiger partial charge in [-0.25, -0.2) is 4.68 Å². The first kappa shape index (κ1) is 10.5. The van der Waals surface area contributed by atoms with Crippen LogP contribution in [0.15, 0.2) is 36.5 Å². The number of aromatic nitrogens is 3. The molecule has 1 aliphatic rings. The summed E-state index contributed by atoms with van der Waals surface area (Å²) >= 11 is 0. The summed E-state index contributed by atoms with van der Waals surface area (Å²) in [5.41, 5.74) is 1.72. The molecule has 1 atom stereocenters. The molecule has 88 valence electrons. The normalized spacial score (nSPS) is 18.9. The third-order valence-electron chi connectivity index (χ3n) is 3.56. The molecule has 17 heavy (non-hydrogen) atoms. The van der Waals surface area contributed by atoms with Gasteiger partial charge >= 0.3 is 0 Å². The summed E-state index contributed by atoms with van der Waals surface area (Å²) < 4.78 is 1.72. The van der Waals surface area contributed by atoms with Crippen LogP contribution in [0.25, 0.3) is 5.69 Å². The highest BCUT2D eigenvalue weighted by Crippen LogP contribution is 2.54. The third kappa shape index (κ3) is 1.74. The highest BCUT2D eigenvalue weighted by Gasteiger charge is 2.46. The summed E-state index contributed by atoms with van der Waals surface area (Å²) in [7, 11) is 0. The van der Waals surface area contributed by atoms with Crippen LogP contribution in [0.2, 0.25) is 0 Å². The number of aliphatic hydroxyl groups excluding tert-OH is 1. The van der Waals surface area contributed by atoms with Crippen molar-refractivity contribution in [3.05, 3.63) is 42.2 Å². The van der Waals surface area contributed by atoms with Gasteiger partial charge in [-0.05, 0) is 30.4 Å². The summed E-state index contributed by atoms with van der Waals surface area (Å²) in [4.78, 5) is 0. The number of rotatable bonds is 3. The summed E-state index contributed by atoms with van der Waals surface area (Å²) in [6, 6.07) is 9.77. The van der Waals surface area contributed by atoms with E-state index in [-0.39, 0.29) is 5.41 Å². The first-order chi connectivity index (χ1) is 8.21. The number of aliphatic hydroxyl groups is 1. The molecule has 0 amide bonds. The summed E-state index contributed by atoms with van der Waals surface area (Å²) in [5, 5.41) is 18.3. The molecule has 0 saturated heterocycles. The van der Waals surface area contributed by atoms with E-state index in [1.165, 1.54) is 0 Å². The van der Waals surface area contributed by atoms with Gasteiger partial charge in [0.15, 0.2) is 0 Å². The predicted octanol–water partition coefficient (Wildman–Crippen LogP) is 2.10. The molecule has 1 saturated carbocycles. The van der Waals surface area contributed by atoms with E-state index >= 15 is 0 Å². The second-order valence-corrected chi connectivity index (χ2v) is 4.96. The second-order valence-electron chi connectivity index (χ2n) is 4.96. The molecule has 1 aliphatic carbocycles. The molecule has 1 N–H and O–H groups in total. The molecule has 4 heteroatoms. The Labute approximate surface area is 99.9 Å². The maximum Gasteiger partial charge on any atom is 0.103 e. The van der Waals surface area contributed by atoms with Gasteiger partial charge in [-0.3, -0.25) is 0 Å². The smallest absolute Gasteiger partial charge is 0.103 e. The van der Waals surface area contributed by atoms with Crippen molar-refractivity contribution >= 4 is 0 Å². The van der Waals surface area contributed by atoms with E-state index in [4.69, 9.17) is 0 Å². The lowest BCUT2D eigenvalue weighted by molar-refractivity contribution is 0.0968. The molecule has 1 heterocycles. The lowest BCUT2D eigenvalue weighted by Crippen LogP contribution is -2.14. The predicted molar refractivity (Wildman–Crippen MR) is 63.7 cm³/mol. The molecule has 3 rings (SSSR count). The number of nitrogens with zero attached hydrogens (tertiary/aromatic N) is 3. The van der Waals surface area contributed by atoms with Gasteiger partial charge in [-0.2, -0.15) is 0 Å². The van der Waals surface area contributed by atoms with E-state index < -0.39 is 6.10 Å². The number of hydrogen-bond donors (Lipinski definition) is 1. The maximum atomic E-state index is 10.3. The van der Waals surface area contributed by atoms with Crippen LogP contribution in [-0.2, 0) is 0 Å². The number of benzene rings is 1. The van der Waals surface area contributed by atoms with E-state index in [0.717, 1.165) is 24.2 Å². The monoisotopic (exact) mass is 229 g/mol.